The van der Waals surface area contributed by atoms with E-state index in [-0.39, 0.29) is 0 Å². The van der Waals surface area contributed by atoms with Gasteiger partial charge in [-0.1, -0.05) is 48.6 Å². The van der Waals surface area contributed by atoms with Crippen molar-refractivity contribution in [3.8, 4) is 0 Å². The van der Waals surface area contributed by atoms with Crippen LogP contribution in [0.3, 0.4) is 0 Å². The summed E-state index contributed by atoms with van der Waals surface area (Å²) in [6, 6.07) is 0.495. The molecule has 5 heteroatoms. The first-order chi connectivity index (χ1) is 13.0. The monoisotopic (exact) mass is 384 g/mol. The van der Waals surface area contributed by atoms with Crippen molar-refractivity contribution in [1.29, 1.82) is 0 Å². The van der Waals surface area contributed by atoms with Crippen LogP contribution in [0.4, 0.5) is 5.82 Å². The highest BCUT2D eigenvalue weighted by Gasteiger charge is 2.25. The number of piperidine rings is 1. The van der Waals surface area contributed by atoms with Crippen molar-refractivity contribution in [2.75, 3.05) is 25.0 Å². The molecule has 144 valence electrons. The Morgan fingerprint density at radius 3 is 2.56 bits per heavy atom. The number of rotatable bonds is 5. The predicted molar refractivity (Wildman–Crippen MR) is 115 cm³/mol. The summed E-state index contributed by atoms with van der Waals surface area (Å²) in [7, 11) is 2.16. The van der Waals surface area contributed by atoms with Crippen LogP contribution in [0, 0.1) is 0 Å². The number of anilines is 1. The van der Waals surface area contributed by atoms with Crippen molar-refractivity contribution < 1.29 is 0 Å². The standard InChI is InChI=1S/C22H29ClN4/c1-5-6-9-16(2)17(3)26(4)18-12-14-27(15-13-18)22-20-11-8-7-10-19(20)21(23)24-25-22/h5-6,9-11,18H,3,7-8,12-15H2,1-2,4H3/b6-5-,16-9+. The second-order valence-corrected chi connectivity index (χ2v) is 7.64. The van der Waals surface area contributed by atoms with Crippen LogP contribution in [-0.2, 0) is 0 Å². The van der Waals surface area contributed by atoms with Gasteiger partial charge in [-0.25, -0.2) is 0 Å². The lowest BCUT2D eigenvalue weighted by Gasteiger charge is -2.39. The molecule has 27 heavy (non-hydrogen) atoms. The molecule has 1 aliphatic carbocycles. The Labute approximate surface area is 167 Å². The summed E-state index contributed by atoms with van der Waals surface area (Å²) in [4.78, 5) is 4.68. The van der Waals surface area contributed by atoms with Gasteiger partial charge < -0.3 is 9.80 Å². The minimum Gasteiger partial charge on any atom is -0.372 e. The third-order valence-corrected chi connectivity index (χ3v) is 5.86. The van der Waals surface area contributed by atoms with E-state index < -0.39 is 0 Å². The van der Waals surface area contributed by atoms with Crippen LogP contribution in [0.2, 0.25) is 5.15 Å². The van der Waals surface area contributed by atoms with E-state index in [9.17, 15) is 0 Å². The molecule has 1 fully saturated rings. The first-order valence-electron chi connectivity index (χ1n) is 9.72. The molecular formula is C22H29ClN4. The van der Waals surface area contributed by atoms with Gasteiger partial charge in [0.1, 0.15) is 0 Å². The lowest BCUT2D eigenvalue weighted by molar-refractivity contribution is 0.261. The third-order valence-electron chi connectivity index (χ3n) is 5.58. The van der Waals surface area contributed by atoms with Crippen LogP contribution in [-0.4, -0.2) is 41.3 Å². The summed E-state index contributed by atoms with van der Waals surface area (Å²) < 4.78 is 0. The Morgan fingerprint density at radius 1 is 1.22 bits per heavy atom. The number of likely N-dealkylation sites (N-methyl/N-ethyl adjacent to an activating group) is 1. The number of hydrogen-bond acceptors (Lipinski definition) is 4. The van der Waals surface area contributed by atoms with E-state index in [1.807, 2.05) is 13.0 Å². The van der Waals surface area contributed by atoms with Gasteiger partial charge in [-0.2, -0.15) is 0 Å². The quantitative estimate of drug-likeness (QED) is 0.728. The largest absolute Gasteiger partial charge is 0.372 e. The molecule has 2 aliphatic rings. The average molecular weight is 385 g/mol. The molecule has 4 nitrogen and oxygen atoms in total. The van der Waals surface area contributed by atoms with E-state index in [0.717, 1.165) is 60.7 Å². The molecule has 0 unspecified atom stereocenters. The van der Waals surface area contributed by atoms with E-state index >= 15 is 0 Å². The number of nitrogens with zero attached hydrogens (tertiary/aromatic N) is 4. The van der Waals surface area contributed by atoms with Gasteiger partial charge in [-0.15, -0.1) is 10.2 Å². The number of aromatic nitrogens is 2. The molecule has 0 bridgehead atoms. The van der Waals surface area contributed by atoms with Crippen molar-refractivity contribution >= 4 is 29.6 Å². The minimum absolute atomic E-state index is 0.495. The highest BCUT2D eigenvalue weighted by molar-refractivity contribution is 6.29. The summed E-state index contributed by atoms with van der Waals surface area (Å²) in [6.07, 6.45) is 14.9. The summed E-state index contributed by atoms with van der Waals surface area (Å²) in [5.74, 6) is 0.981. The van der Waals surface area contributed by atoms with Crippen molar-refractivity contribution in [3.05, 3.63) is 51.7 Å². The first kappa shape index (κ1) is 19.7. The predicted octanol–water partition coefficient (Wildman–Crippen LogP) is 3.42. The van der Waals surface area contributed by atoms with E-state index in [2.05, 4.69) is 64.9 Å². The number of hydrogen-bond donors (Lipinski definition) is 0. The topological polar surface area (TPSA) is 32.3 Å². The molecule has 1 aliphatic heterocycles. The zero-order valence-electron chi connectivity index (χ0n) is 16.6. The van der Waals surface area contributed by atoms with Gasteiger partial charge >= 0.3 is 0 Å². The van der Waals surface area contributed by atoms with Gasteiger partial charge in [0.25, 0.3) is 0 Å². The van der Waals surface area contributed by atoms with Gasteiger partial charge in [0, 0.05) is 42.3 Å². The fourth-order valence-electron chi connectivity index (χ4n) is 3.82. The fraction of sp³-hybridized carbons (Fsp3) is 0.455. The molecule has 0 aromatic carbocycles. The SMILES string of the molecule is C=C(/C(C)=C/C=C\C)N(C)C1CCN(c2nnc(Cl)c3c2=CCCC=3)CC1. The molecule has 0 saturated carbocycles. The van der Waals surface area contributed by atoms with Gasteiger partial charge in [0.15, 0.2) is 11.0 Å². The van der Waals surface area contributed by atoms with Gasteiger partial charge in [-0.05, 0) is 45.1 Å². The van der Waals surface area contributed by atoms with E-state index in [1.165, 1.54) is 5.57 Å². The Morgan fingerprint density at radius 2 is 1.89 bits per heavy atom. The number of allylic oxidation sites excluding steroid dienone is 4. The van der Waals surface area contributed by atoms with Crippen LogP contribution in [0.15, 0.2) is 36.1 Å². The smallest absolute Gasteiger partial charge is 0.159 e. The maximum absolute atomic E-state index is 6.25. The lowest BCUT2D eigenvalue weighted by Crippen LogP contribution is -2.46. The lowest BCUT2D eigenvalue weighted by atomic mass is 10.0. The number of halogens is 1. The van der Waals surface area contributed by atoms with Gasteiger partial charge in [0.2, 0.25) is 0 Å². The van der Waals surface area contributed by atoms with Crippen LogP contribution in [0.25, 0.3) is 12.2 Å². The van der Waals surface area contributed by atoms with Crippen molar-refractivity contribution in [3.63, 3.8) is 0 Å². The molecule has 3 rings (SSSR count). The molecule has 0 atom stereocenters. The zero-order valence-corrected chi connectivity index (χ0v) is 17.3. The Hall–Kier alpha value is -2.07. The molecule has 1 aromatic rings. The van der Waals surface area contributed by atoms with Crippen LogP contribution >= 0.6 is 11.6 Å². The molecule has 1 aromatic heterocycles. The highest BCUT2D eigenvalue weighted by atomic mass is 35.5. The summed E-state index contributed by atoms with van der Waals surface area (Å²) in [5, 5.41) is 11.3. The molecule has 0 radical (unpaired) electrons. The maximum atomic E-state index is 6.25. The first-order valence-corrected chi connectivity index (χ1v) is 10.1. The zero-order chi connectivity index (χ0) is 19.4. The Balaban J connectivity index is 1.71. The summed E-state index contributed by atoms with van der Waals surface area (Å²) in [6.45, 7) is 10.4. The molecule has 0 amide bonds. The van der Waals surface area contributed by atoms with Crippen molar-refractivity contribution in [2.45, 2.75) is 45.6 Å². The highest BCUT2D eigenvalue weighted by Crippen LogP contribution is 2.23. The van der Waals surface area contributed by atoms with E-state index in [0.29, 0.717) is 11.2 Å². The Bertz CT molecular complexity index is 876. The Kier molecular flexibility index (Phi) is 6.38. The van der Waals surface area contributed by atoms with E-state index in [4.69, 9.17) is 11.6 Å². The van der Waals surface area contributed by atoms with E-state index in [1.54, 1.807) is 0 Å². The van der Waals surface area contributed by atoms with Crippen LogP contribution in [0.1, 0.15) is 39.5 Å². The molecule has 0 spiro atoms. The van der Waals surface area contributed by atoms with Gasteiger partial charge in [-0.3, -0.25) is 0 Å². The summed E-state index contributed by atoms with van der Waals surface area (Å²) >= 11 is 6.25. The molecule has 2 heterocycles. The third kappa shape index (κ3) is 4.27. The molecule has 1 saturated heterocycles. The molecular weight excluding hydrogens is 356 g/mol. The van der Waals surface area contributed by atoms with Crippen molar-refractivity contribution in [1.82, 2.24) is 15.1 Å². The normalized spacial score (nSPS) is 18.1. The number of fused-ring (bicyclic) bond motifs is 1. The fourth-order valence-corrected chi connectivity index (χ4v) is 4.03. The maximum Gasteiger partial charge on any atom is 0.159 e. The second-order valence-electron chi connectivity index (χ2n) is 7.28. The minimum atomic E-state index is 0.495. The van der Waals surface area contributed by atoms with Crippen LogP contribution < -0.4 is 15.3 Å². The summed E-state index contributed by atoms with van der Waals surface area (Å²) in [5.41, 5.74) is 2.30. The average Bonchev–Trinajstić information content (AvgIpc) is 2.71. The van der Waals surface area contributed by atoms with Crippen LogP contribution in [0.5, 0.6) is 0 Å². The van der Waals surface area contributed by atoms with Crippen molar-refractivity contribution in [2.24, 2.45) is 0 Å². The molecule has 0 N–H and O–H groups in total. The second kappa shape index (κ2) is 8.75. The van der Waals surface area contributed by atoms with Gasteiger partial charge in [0.05, 0.1) is 0 Å².